The number of nitrogens with zero attached hydrogens (tertiary/aromatic N) is 3. The summed E-state index contributed by atoms with van der Waals surface area (Å²) in [6, 6.07) is 6.12. The van der Waals surface area contributed by atoms with Gasteiger partial charge in [0, 0.05) is 44.3 Å². The molecule has 1 amide bonds. The first-order valence-electron chi connectivity index (χ1n) is 9.37. The number of carbonyl (C=O) groups excluding carboxylic acids is 1. The van der Waals surface area contributed by atoms with Crippen molar-refractivity contribution in [2.45, 2.75) is 18.9 Å². The molecule has 2 aliphatic rings. The molecule has 162 valence electrons. The summed E-state index contributed by atoms with van der Waals surface area (Å²) >= 11 is 0. The summed E-state index contributed by atoms with van der Waals surface area (Å²) in [7, 11) is -3.01. The highest BCUT2D eigenvalue weighted by molar-refractivity contribution is 14.0. The minimum absolute atomic E-state index is 0. The third-order valence-corrected chi connectivity index (χ3v) is 6.77. The number of piperazine rings is 1. The van der Waals surface area contributed by atoms with Crippen LogP contribution in [0.5, 0.6) is 0 Å². The Kier molecular flexibility index (Phi) is 8.49. The van der Waals surface area contributed by atoms with Crippen LogP contribution in [-0.4, -0.2) is 75.5 Å². The van der Waals surface area contributed by atoms with E-state index in [1.54, 1.807) is 12.1 Å². The molecule has 2 saturated heterocycles. The van der Waals surface area contributed by atoms with E-state index in [1.165, 1.54) is 12.1 Å². The zero-order chi connectivity index (χ0) is 20.1. The highest BCUT2D eigenvalue weighted by Crippen LogP contribution is 2.16. The van der Waals surface area contributed by atoms with Crippen molar-refractivity contribution in [2.24, 2.45) is 10.7 Å². The zero-order valence-electron chi connectivity index (χ0n) is 16.1. The normalized spacial score (nSPS) is 21.6. The largest absolute Gasteiger partial charge is 0.370 e. The van der Waals surface area contributed by atoms with Gasteiger partial charge in [-0.05, 0) is 30.7 Å². The summed E-state index contributed by atoms with van der Waals surface area (Å²) in [5.74, 6) is 0.0854. The van der Waals surface area contributed by atoms with Gasteiger partial charge in [-0.3, -0.25) is 9.79 Å². The quantitative estimate of drug-likeness (QED) is 0.322. The Morgan fingerprint density at radius 2 is 1.86 bits per heavy atom. The van der Waals surface area contributed by atoms with E-state index in [0.29, 0.717) is 25.5 Å². The number of halogens is 2. The Bertz CT molecular complexity index is 826. The number of rotatable bonds is 5. The number of nitrogens with two attached hydrogens (primary N) is 1. The zero-order valence-corrected chi connectivity index (χ0v) is 19.2. The molecule has 2 heterocycles. The average Bonchev–Trinajstić information content (AvgIpc) is 3.00. The van der Waals surface area contributed by atoms with E-state index in [2.05, 4.69) is 15.2 Å². The molecule has 1 unspecified atom stereocenters. The van der Waals surface area contributed by atoms with E-state index in [0.717, 1.165) is 18.8 Å². The van der Waals surface area contributed by atoms with Crippen molar-refractivity contribution in [1.82, 2.24) is 10.2 Å². The number of benzene rings is 1. The van der Waals surface area contributed by atoms with Gasteiger partial charge in [0.1, 0.15) is 5.82 Å². The van der Waals surface area contributed by atoms with Gasteiger partial charge >= 0.3 is 0 Å². The Balaban J connectivity index is 0.00000300. The Hall–Kier alpha value is -1.63. The number of aliphatic imine (C=N–C) groups is 1. The highest BCUT2D eigenvalue weighted by atomic mass is 127. The van der Waals surface area contributed by atoms with Crippen molar-refractivity contribution in [1.29, 1.82) is 0 Å². The fourth-order valence-electron chi connectivity index (χ4n) is 3.43. The third kappa shape index (κ3) is 6.98. The second-order valence-electron chi connectivity index (χ2n) is 7.11. The second-order valence-corrected chi connectivity index (χ2v) is 9.34. The Morgan fingerprint density at radius 3 is 2.45 bits per heavy atom. The number of nitrogens with one attached hydrogen (secondary N) is 1. The number of hydrogen-bond acceptors (Lipinski definition) is 5. The maximum Gasteiger partial charge on any atom is 0.222 e. The van der Waals surface area contributed by atoms with Gasteiger partial charge in [-0.1, -0.05) is 0 Å². The van der Waals surface area contributed by atoms with Crippen LogP contribution in [0.3, 0.4) is 0 Å². The number of carbonyl (C=O) groups is 1. The van der Waals surface area contributed by atoms with Crippen LogP contribution in [0, 0.1) is 5.82 Å². The van der Waals surface area contributed by atoms with Gasteiger partial charge in [-0.25, -0.2) is 12.8 Å². The lowest BCUT2D eigenvalue weighted by molar-refractivity contribution is -0.121. The van der Waals surface area contributed by atoms with Crippen molar-refractivity contribution in [3.63, 3.8) is 0 Å². The van der Waals surface area contributed by atoms with Crippen molar-refractivity contribution in [2.75, 3.05) is 49.1 Å². The van der Waals surface area contributed by atoms with Crippen LogP contribution < -0.4 is 16.0 Å². The van der Waals surface area contributed by atoms with Crippen LogP contribution in [0.25, 0.3) is 0 Å². The fourth-order valence-corrected chi connectivity index (χ4v) is 5.10. The van der Waals surface area contributed by atoms with Gasteiger partial charge in [0.2, 0.25) is 5.91 Å². The smallest absolute Gasteiger partial charge is 0.222 e. The first-order valence-corrected chi connectivity index (χ1v) is 11.2. The summed E-state index contributed by atoms with van der Waals surface area (Å²) in [6.45, 7) is 3.14. The van der Waals surface area contributed by atoms with Gasteiger partial charge in [0.05, 0.1) is 18.1 Å². The minimum Gasteiger partial charge on any atom is -0.370 e. The predicted molar refractivity (Wildman–Crippen MR) is 122 cm³/mol. The lowest BCUT2D eigenvalue weighted by atomic mass is 10.2. The molecule has 1 aromatic carbocycles. The molecule has 3 rings (SSSR count). The van der Waals surface area contributed by atoms with Gasteiger partial charge in [-0.15, -0.1) is 24.0 Å². The maximum absolute atomic E-state index is 13.0. The lowest BCUT2D eigenvalue weighted by Gasteiger charge is -2.36. The van der Waals surface area contributed by atoms with Crippen LogP contribution in [0.15, 0.2) is 29.3 Å². The highest BCUT2D eigenvalue weighted by Gasteiger charge is 2.28. The summed E-state index contributed by atoms with van der Waals surface area (Å²) in [4.78, 5) is 20.3. The molecule has 8 nitrogen and oxygen atoms in total. The second kappa shape index (κ2) is 10.4. The average molecular weight is 539 g/mol. The molecule has 0 aliphatic carbocycles. The molecular weight excluding hydrogens is 512 g/mol. The minimum atomic E-state index is -3.01. The number of sulfone groups is 1. The van der Waals surface area contributed by atoms with Crippen molar-refractivity contribution in [3.05, 3.63) is 30.1 Å². The molecule has 0 bridgehead atoms. The van der Waals surface area contributed by atoms with Crippen LogP contribution in [0.1, 0.15) is 12.8 Å². The van der Waals surface area contributed by atoms with E-state index in [9.17, 15) is 17.6 Å². The molecule has 2 fully saturated rings. The summed E-state index contributed by atoms with van der Waals surface area (Å²) < 4.78 is 35.9. The first kappa shape index (κ1) is 23.6. The molecule has 11 heteroatoms. The van der Waals surface area contributed by atoms with E-state index in [4.69, 9.17) is 5.73 Å². The monoisotopic (exact) mass is 539 g/mol. The molecule has 0 radical (unpaired) electrons. The summed E-state index contributed by atoms with van der Waals surface area (Å²) in [5.41, 5.74) is 7.01. The van der Waals surface area contributed by atoms with Crippen molar-refractivity contribution < 1.29 is 17.6 Å². The van der Waals surface area contributed by atoms with Gasteiger partial charge in [0.25, 0.3) is 0 Å². The summed E-state index contributed by atoms with van der Waals surface area (Å²) in [6.07, 6.45) is 0.643. The van der Waals surface area contributed by atoms with E-state index < -0.39 is 9.84 Å². The number of amides is 1. The molecular formula is C18H27FIN5O3S. The van der Waals surface area contributed by atoms with Crippen molar-refractivity contribution in [3.8, 4) is 0 Å². The molecule has 0 aromatic heterocycles. The molecule has 1 aromatic rings. The Morgan fingerprint density at radius 1 is 1.21 bits per heavy atom. The maximum atomic E-state index is 13.0. The predicted octanol–water partition coefficient (Wildman–Crippen LogP) is 0.574. The standard InChI is InChI=1S/C18H26FN5O3S.HI/c19-14-1-3-16(4-2-14)23-8-10-24(11-9-23)18(20)21-7-5-17(25)22-15-6-12-28(26,27)13-15;/h1-4,15H,5-13H2,(H2,20,21)(H,22,25);1H. The van der Waals surface area contributed by atoms with Gasteiger partial charge < -0.3 is 20.9 Å². The van der Waals surface area contributed by atoms with Gasteiger partial charge in [0.15, 0.2) is 15.8 Å². The van der Waals surface area contributed by atoms with E-state index >= 15 is 0 Å². The number of hydrogen-bond donors (Lipinski definition) is 2. The number of guanidine groups is 1. The third-order valence-electron chi connectivity index (χ3n) is 5.01. The first-order chi connectivity index (χ1) is 13.3. The lowest BCUT2D eigenvalue weighted by Crippen LogP contribution is -2.51. The van der Waals surface area contributed by atoms with Crippen LogP contribution in [0.4, 0.5) is 10.1 Å². The van der Waals surface area contributed by atoms with Crippen molar-refractivity contribution >= 4 is 51.4 Å². The summed E-state index contributed by atoms with van der Waals surface area (Å²) in [5, 5.41) is 2.74. The SMILES string of the molecule is I.NC(=NCCC(=O)NC1CCS(=O)(=O)C1)N1CCN(c2ccc(F)cc2)CC1. The molecule has 0 spiro atoms. The molecule has 3 N–H and O–H groups in total. The molecule has 1 atom stereocenters. The molecule has 0 saturated carbocycles. The Labute approximate surface area is 187 Å². The molecule has 2 aliphatic heterocycles. The van der Waals surface area contributed by atoms with Crippen LogP contribution in [-0.2, 0) is 14.6 Å². The van der Waals surface area contributed by atoms with Gasteiger partial charge in [-0.2, -0.15) is 0 Å². The van der Waals surface area contributed by atoms with E-state index in [1.807, 2.05) is 4.90 Å². The van der Waals surface area contributed by atoms with Crippen LogP contribution in [0.2, 0.25) is 0 Å². The molecule has 29 heavy (non-hydrogen) atoms. The topological polar surface area (TPSA) is 108 Å². The van der Waals surface area contributed by atoms with E-state index in [-0.39, 0.29) is 66.2 Å². The number of anilines is 1. The van der Waals surface area contributed by atoms with Crippen LogP contribution >= 0.6 is 24.0 Å². The fraction of sp³-hybridized carbons (Fsp3) is 0.556.